The zero-order valence-corrected chi connectivity index (χ0v) is 11.8. The van der Waals surface area contributed by atoms with Gasteiger partial charge in [-0.25, -0.2) is 0 Å². The summed E-state index contributed by atoms with van der Waals surface area (Å²) in [6.07, 6.45) is 1.57. The monoisotopic (exact) mass is 281 g/mol. The van der Waals surface area contributed by atoms with Crippen molar-refractivity contribution in [1.82, 2.24) is 9.78 Å². The van der Waals surface area contributed by atoms with E-state index >= 15 is 0 Å². The summed E-state index contributed by atoms with van der Waals surface area (Å²) in [5, 5.41) is 4.62. The molecule has 5 nitrogen and oxygen atoms in total. The molecule has 0 saturated carbocycles. The molecule has 0 radical (unpaired) electrons. The van der Waals surface area contributed by atoms with Gasteiger partial charge in [0.1, 0.15) is 0 Å². The van der Waals surface area contributed by atoms with Crippen molar-refractivity contribution in [1.29, 1.82) is 0 Å². The highest BCUT2D eigenvalue weighted by Crippen LogP contribution is 2.37. The zero-order chi connectivity index (χ0) is 14.0. The Hall–Kier alpha value is -1.72. The van der Waals surface area contributed by atoms with Crippen molar-refractivity contribution in [2.24, 2.45) is 12.8 Å². The second kappa shape index (κ2) is 5.50. The Morgan fingerprint density at radius 2 is 2.05 bits per heavy atom. The fraction of sp³-hybridized carbons (Fsp3) is 0.308. The Morgan fingerprint density at radius 1 is 1.32 bits per heavy atom. The minimum atomic E-state index is -0.440. The Bertz CT molecular complexity index is 564. The van der Waals surface area contributed by atoms with Gasteiger partial charge >= 0.3 is 0 Å². The molecule has 0 aliphatic carbocycles. The van der Waals surface area contributed by atoms with E-state index in [1.807, 2.05) is 18.2 Å². The van der Waals surface area contributed by atoms with E-state index in [-0.39, 0.29) is 0 Å². The number of halogens is 1. The summed E-state index contributed by atoms with van der Waals surface area (Å²) >= 11 is 6.12. The number of para-hydroxylation sites is 1. The van der Waals surface area contributed by atoms with Crippen LogP contribution in [0.15, 0.2) is 24.4 Å². The summed E-state index contributed by atoms with van der Waals surface area (Å²) in [5.74, 6) is 1.24. The predicted octanol–water partition coefficient (Wildman–Crippen LogP) is 2.14. The minimum absolute atomic E-state index is 0.440. The molecule has 2 N–H and O–H groups in total. The van der Waals surface area contributed by atoms with Gasteiger partial charge in [0.15, 0.2) is 11.5 Å². The highest BCUT2D eigenvalue weighted by atomic mass is 35.5. The molecule has 0 spiro atoms. The number of benzene rings is 1. The van der Waals surface area contributed by atoms with E-state index < -0.39 is 6.04 Å². The highest BCUT2D eigenvalue weighted by molar-refractivity contribution is 6.31. The number of aryl methyl sites for hydroxylation is 1. The van der Waals surface area contributed by atoms with Gasteiger partial charge in [0.05, 0.1) is 37.2 Å². The zero-order valence-electron chi connectivity index (χ0n) is 11.1. The van der Waals surface area contributed by atoms with E-state index in [2.05, 4.69) is 5.10 Å². The summed E-state index contributed by atoms with van der Waals surface area (Å²) in [6, 6.07) is 5.13. The lowest BCUT2D eigenvalue weighted by Crippen LogP contribution is -2.17. The molecule has 1 atom stereocenters. The minimum Gasteiger partial charge on any atom is -0.493 e. The molecule has 0 fully saturated rings. The highest BCUT2D eigenvalue weighted by Gasteiger charge is 2.22. The number of methoxy groups -OCH3 is 2. The quantitative estimate of drug-likeness (QED) is 0.933. The van der Waals surface area contributed by atoms with Gasteiger partial charge in [-0.3, -0.25) is 4.68 Å². The van der Waals surface area contributed by atoms with Crippen LogP contribution in [0.4, 0.5) is 0 Å². The van der Waals surface area contributed by atoms with Crippen molar-refractivity contribution < 1.29 is 9.47 Å². The normalized spacial score (nSPS) is 12.3. The lowest BCUT2D eigenvalue weighted by molar-refractivity contribution is 0.350. The van der Waals surface area contributed by atoms with E-state index in [1.54, 1.807) is 32.1 Å². The molecule has 0 amide bonds. The molecule has 1 heterocycles. The van der Waals surface area contributed by atoms with Crippen molar-refractivity contribution in [3.63, 3.8) is 0 Å². The predicted molar refractivity (Wildman–Crippen MR) is 73.8 cm³/mol. The molecule has 1 aromatic heterocycles. The molecular weight excluding hydrogens is 266 g/mol. The van der Waals surface area contributed by atoms with Crippen LogP contribution in [0.1, 0.15) is 17.3 Å². The molecule has 6 heteroatoms. The van der Waals surface area contributed by atoms with Crippen LogP contribution in [0.25, 0.3) is 0 Å². The largest absolute Gasteiger partial charge is 0.493 e. The molecule has 102 valence electrons. The second-order valence-corrected chi connectivity index (χ2v) is 4.47. The number of hydrogen-bond donors (Lipinski definition) is 1. The van der Waals surface area contributed by atoms with Crippen LogP contribution in [-0.2, 0) is 7.05 Å². The number of rotatable bonds is 4. The maximum atomic E-state index is 6.28. The average Bonchev–Trinajstić information content (AvgIpc) is 2.76. The van der Waals surface area contributed by atoms with E-state index in [9.17, 15) is 0 Å². The van der Waals surface area contributed by atoms with Crippen molar-refractivity contribution in [2.75, 3.05) is 14.2 Å². The van der Waals surface area contributed by atoms with Gasteiger partial charge in [0.2, 0.25) is 0 Å². The smallest absolute Gasteiger partial charge is 0.165 e. The maximum Gasteiger partial charge on any atom is 0.165 e. The average molecular weight is 282 g/mol. The summed E-state index contributed by atoms with van der Waals surface area (Å²) < 4.78 is 12.3. The van der Waals surface area contributed by atoms with Gasteiger partial charge in [-0.2, -0.15) is 5.10 Å². The van der Waals surface area contributed by atoms with Crippen LogP contribution in [-0.4, -0.2) is 24.0 Å². The molecule has 19 heavy (non-hydrogen) atoms. The van der Waals surface area contributed by atoms with Gasteiger partial charge < -0.3 is 15.2 Å². The third kappa shape index (κ3) is 2.39. The molecule has 0 bridgehead atoms. The van der Waals surface area contributed by atoms with Crippen LogP contribution in [0.3, 0.4) is 0 Å². The Labute approximate surface area is 116 Å². The summed E-state index contributed by atoms with van der Waals surface area (Å²) in [5.41, 5.74) is 7.81. The van der Waals surface area contributed by atoms with Gasteiger partial charge in [-0.15, -0.1) is 0 Å². The third-order valence-electron chi connectivity index (χ3n) is 3.00. The Morgan fingerprint density at radius 3 is 2.58 bits per heavy atom. The first-order valence-electron chi connectivity index (χ1n) is 5.74. The van der Waals surface area contributed by atoms with E-state index in [0.717, 1.165) is 11.3 Å². The number of aromatic nitrogens is 2. The van der Waals surface area contributed by atoms with Gasteiger partial charge in [0.25, 0.3) is 0 Å². The first kappa shape index (κ1) is 13.7. The van der Waals surface area contributed by atoms with Crippen molar-refractivity contribution in [3.05, 3.63) is 40.7 Å². The molecule has 0 aliphatic rings. The standard InChI is InChI=1S/C13H16ClN3O2/c1-17-12(9(14)7-16-17)11(15)8-5-4-6-10(18-2)13(8)19-3/h4-7,11H,15H2,1-3H3. The molecule has 1 unspecified atom stereocenters. The second-order valence-electron chi connectivity index (χ2n) is 4.06. The fourth-order valence-corrected chi connectivity index (χ4v) is 2.36. The molecule has 0 saturated heterocycles. The number of nitrogens with two attached hydrogens (primary N) is 1. The van der Waals surface area contributed by atoms with E-state index in [4.69, 9.17) is 26.8 Å². The number of hydrogen-bond acceptors (Lipinski definition) is 4. The van der Waals surface area contributed by atoms with Crippen LogP contribution >= 0.6 is 11.6 Å². The molecule has 2 aromatic rings. The van der Waals surface area contributed by atoms with Crippen LogP contribution < -0.4 is 15.2 Å². The topological polar surface area (TPSA) is 62.3 Å². The fourth-order valence-electron chi connectivity index (χ4n) is 2.07. The Balaban J connectivity index is 2.53. The van der Waals surface area contributed by atoms with Crippen molar-refractivity contribution >= 4 is 11.6 Å². The maximum absolute atomic E-state index is 6.28. The molecule has 0 aliphatic heterocycles. The van der Waals surface area contributed by atoms with Crippen molar-refractivity contribution in [3.8, 4) is 11.5 Å². The summed E-state index contributed by atoms with van der Waals surface area (Å²) in [6.45, 7) is 0. The van der Waals surface area contributed by atoms with E-state index in [0.29, 0.717) is 16.5 Å². The van der Waals surface area contributed by atoms with E-state index in [1.165, 1.54) is 0 Å². The summed E-state index contributed by atoms with van der Waals surface area (Å²) in [4.78, 5) is 0. The molecule has 2 rings (SSSR count). The van der Waals surface area contributed by atoms with Crippen LogP contribution in [0, 0.1) is 0 Å². The van der Waals surface area contributed by atoms with Crippen LogP contribution in [0.2, 0.25) is 5.02 Å². The lowest BCUT2D eigenvalue weighted by atomic mass is 10.0. The third-order valence-corrected chi connectivity index (χ3v) is 3.29. The van der Waals surface area contributed by atoms with Crippen LogP contribution in [0.5, 0.6) is 11.5 Å². The van der Waals surface area contributed by atoms with Gasteiger partial charge in [-0.1, -0.05) is 23.7 Å². The number of nitrogens with zero attached hydrogens (tertiary/aromatic N) is 2. The first-order chi connectivity index (χ1) is 9.10. The summed E-state index contributed by atoms with van der Waals surface area (Å²) in [7, 11) is 4.97. The SMILES string of the molecule is COc1cccc(C(N)c2c(Cl)cnn2C)c1OC. The molecular formula is C13H16ClN3O2. The van der Waals surface area contributed by atoms with Crippen molar-refractivity contribution in [2.45, 2.75) is 6.04 Å². The number of ether oxygens (including phenoxy) is 2. The Kier molecular flexibility index (Phi) is 3.97. The molecule has 1 aromatic carbocycles. The van der Waals surface area contributed by atoms with Gasteiger partial charge in [-0.05, 0) is 6.07 Å². The lowest BCUT2D eigenvalue weighted by Gasteiger charge is -2.18. The van der Waals surface area contributed by atoms with Gasteiger partial charge in [0, 0.05) is 12.6 Å². The first-order valence-corrected chi connectivity index (χ1v) is 6.11.